The SMILES string of the molecule is Cc1nc(CNC(=O)[C@H]2CCC[C@@H](O)C2)nc2c1CCCC2. The first-order chi connectivity index (χ1) is 10.6. The number of aliphatic hydroxyl groups excluding tert-OH is 1. The molecule has 120 valence electrons. The average molecular weight is 303 g/mol. The Balaban J connectivity index is 1.61. The van der Waals surface area contributed by atoms with Gasteiger partial charge in [-0.2, -0.15) is 0 Å². The van der Waals surface area contributed by atoms with E-state index in [-0.39, 0.29) is 17.9 Å². The monoisotopic (exact) mass is 303 g/mol. The zero-order valence-corrected chi connectivity index (χ0v) is 13.3. The van der Waals surface area contributed by atoms with Crippen LogP contribution in [0.15, 0.2) is 0 Å². The molecule has 1 amide bonds. The van der Waals surface area contributed by atoms with Crippen molar-refractivity contribution in [2.24, 2.45) is 5.92 Å². The van der Waals surface area contributed by atoms with Crippen molar-refractivity contribution in [2.75, 3.05) is 0 Å². The zero-order chi connectivity index (χ0) is 15.5. The molecular formula is C17H25N3O2. The van der Waals surface area contributed by atoms with E-state index in [4.69, 9.17) is 0 Å². The summed E-state index contributed by atoms with van der Waals surface area (Å²) < 4.78 is 0. The third kappa shape index (κ3) is 3.46. The number of aryl methyl sites for hydroxylation is 2. The molecule has 0 unspecified atom stereocenters. The lowest BCUT2D eigenvalue weighted by molar-refractivity contribution is -0.127. The number of nitrogens with one attached hydrogen (secondary N) is 1. The van der Waals surface area contributed by atoms with Crippen LogP contribution >= 0.6 is 0 Å². The van der Waals surface area contributed by atoms with E-state index >= 15 is 0 Å². The van der Waals surface area contributed by atoms with Crippen LogP contribution in [0.25, 0.3) is 0 Å². The van der Waals surface area contributed by atoms with E-state index in [0.29, 0.717) is 18.8 Å². The second-order valence-electron chi connectivity index (χ2n) is 6.59. The van der Waals surface area contributed by atoms with Crippen LogP contribution in [0.5, 0.6) is 0 Å². The molecule has 1 aromatic heterocycles. The normalized spacial score (nSPS) is 24.6. The van der Waals surface area contributed by atoms with Crippen molar-refractivity contribution in [2.45, 2.75) is 70.9 Å². The number of amides is 1. The van der Waals surface area contributed by atoms with E-state index in [1.54, 1.807) is 0 Å². The van der Waals surface area contributed by atoms with Gasteiger partial charge in [0, 0.05) is 17.3 Å². The number of carbonyl (C=O) groups is 1. The zero-order valence-electron chi connectivity index (χ0n) is 13.3. The van der Waals surface area contributed by atoms with Crippen LogP contribution in [0, 0.1) is 12.8 Å². The average Bonchev–Trinajstić information content (AvgIpc) is 2.53. The van der Waals surface area contributed by atoms with E-state index in [1.807, 2.05) is 6.92 Å². The molecular weight excluding hydrogens is 278 g/mol. The molecule has 0 aliphatic heterocycles. The van der Waals surface area contributed by atoms with Crippen LogP contribution in [0.2, 0.25) is 0 Å². The molecule has 3 rings (SSSR count). The van der Waals surface area contributed by atoms with Crippen molar-refractivity contribution in [3.8, 4) is 0 Å². The van der Waals surface area contributed by atoms with Crippen molar-refractivity contribution in [3.63, 3.8) is 0 Å². The molecule has 0 aromatic carbocycles. The summed E-state index contributed by atoms with van der Waals surface area (Å²) in [5.41, 5.74) is 3.52. The number of aliphatic hydroxyl groups is 1. The van der Waals surface area contributed by atoms with Gasteiger partial charge in [0.1, 0.15) is 5.82 Å². The number of fused-ring (bicyclic) bond motifs is 1. The van der Waals surface area contributed by atoms with Crippen LogP contribution in [-0.2, 0) is 24.2 Å². The maximum atomic E-state index is 12.2. The standard InChI is InChI=1S/C17H25N3O2/c1-11-14-7-2-3-8-15(14)20-16(19-11)10-18-17(22)12-5-4-6-13(21)9-12/h12-13,21H,2-10H2,1H3,(H,18,22)/t12-,13+/m0/s1. The Morgan fingerprint density at radius 3 is 2.86 bits per heavy atom. The summed E-state index contributed by atoms with van der Waals surface area (Å²) in [6.45, 7) is 2.42. The minimum absolute atomic E-state index is 0.0257. The van der Waals surface area contributed by atoms with E-state index in [1.165, 1.54) is 18.4 Å². The maximum Gasteiger partial charge on any atom is 0.223 e. The van der Waals surface area contributed by atoms with E-state index < -0.39 is 0 Å². The molecule has 5 heteroatoms. The number of rotatable bonds is 3. The van der Waals surface area contributed by atoms with Gasteiger partial charge in [-0.15, -0.1) is 0 Å². The maximum absolute atomic E-state index is 12.2. The highest BCUT2D eigenvalue weighted by Gasteiger charge is 2.26. The number of aromatic nitrogens is 2. The van der Waals surface area contributed by atoms with Gasteiger partial charge < -0.3 is 10.4 Å². The molecule has 1 heterocycles. The third-order valence-corrected chi connectivity index (χ3v) is 4.87. The number of hydrogen-bond donors (Lipinski definition) is 2. The molecule has 1 saturated carbocycles. The number of carbonyl (C=O) groups excluding carboxylic acids is 1. The third-order valence-electron chi connectivity index (χ3n) is 4.87. The lowest BCUT2D eigenvalue weighted by Crippen LogP contribution is -2.35. The van der Waals surface area contributed by atoms with Crippen LogP contribution in [0.4, 0.5) is 0 Å². The minimum atomic E-state index is -0.327. The van der Waals surface area contributed by atoms with Crippen molar-refractivity contribution < 1.29 is 9.90 Å². The van der Waals surface area contributed by atoms with E-state index in [0.717, 1.165) is 43.5 Å². The van der Waals surface area contributed by atoms with Gasteiger partial charge in [0.15, 0.2) is 0 Å². The number of hydrogen-bond acceptors (Lipinski definition) is 4. The lowest BCUT2D eigenvalue weighted by Gasteiger charge is -2.25. The molecule has 2 N–H and O–H groups in total. The summed E-state index contributed by atoms with van der Waals surface area (Å²) in [5.74, 6) is 0.669. The molecule has 22 heavy (non-hydrogen) atoms. The summed E-state index contributed by atoms with van der Waals surface area (Å²) >= 11 is 0. The fourth-order valence-electron chi connectivity index (χ4n) is 3.64. The Bertz CT molecular complexity index is 559. The van der Waals surface area contributed by atoms with Crippen molar-refractivity contribution in [1.29, 1.82) is 0 Å². The van der Waals surface area contributed by atoms with Crippen molar-refractivity contribution in [1.82, 2.24) is 15.3 Å². The highest BCUT2D eigenvalue weighted by Crippen LogP contribution is 2.24. The second-order valence-corrected chi connectivity index (χ2v) is 6.59. The summed E-state index contributed by atoms with van der Waals surface area (Å²) in [7, 11) is 0. The fourth-order valence-corrected chi connectivity index (χ4v) is 3.64. The molecule has 1 fully saturated rings. The first-order valence-electron chi connectivity index (χ1n) is 8.44. The van der Waals surface area contributed by atoms with Crippen LogP contribution in [0.3, 0.4) is 0 Å². The highest BCUT2D eigenvalue weighted by molar-refractivity contribution is 5.78. The predicted molar refractivity (Wildman–Crippen MR) is 83.2 cm³/mol. The molecule has 0 radical (unpaired) electrons. The molecule has 0 bridgehead atoms. The quantitative estimate of drug-likeness (QED) is 0.893. The summed E-state index contributed by atoms with van der Waals surface area (Å²) in [4.78, 5) is 21.4. The summed E-state index contributed by atoms with van der Waals surface area (Å²) in [6, 6.07) is 0. The summed E-state index contributed by atoms with van der Waals surface area (Å²) in [6.07, 6.45) is 7.37. The van der Waals surface area contributed by atoms with Crippen LogP contribution in [0.1, 0.15) is 61.3 Å². The second kappa shape index (κ2) is 6.73. The lowest BCUT2D eigenvalue weighted by atomic mass is 9.87. The van der Waals surface area contributed by atoms with Gasteiger partial charge >= 0.3 is 0 Å². The van der Waals surface area contributed by atoms with Gasteiger partial charge in [0.2, 0.25) is 5.91 Å². The molecule has 0 saturated heterocycles. The topological polar surface area (TPSA) is 75.1 Å². The minimum Gasteiger partial charge on any atom is -0.393 e. The van der Waals surface area contributed by atoms with Crippen molar-refractivity contribution in [3.05, 3.63) is 22.8 Å². The van der Waals surface area contributed by atoms with Crippen LogP contribution in [-0.4, -0.2) is 27.1 Å². The van der Waals surface area contributed by atoms with Gasteiger partial charge in [0.25, 0.3) is 0 Å². The first kappa shape index (κ1) is 15.4. The summed E-state index contributed by atoms with van der Waals surface area (Å²) in [5, 5.41) is 12.6. The molecule has 5 nitrogen and oxygen atoms in total. The predicted octanol–water partition coefficient (Wildman–Crippen LogP) is 1.83. The Hall–Kier alpha value is -1.49. The highest BCUT2D eigenvalue weighted by atomic mass is 16.3. The Kier molecular flexibility index (Phi) is 4.71. The van der Waals surface area contributed by atoms with Gasteiger partial charge in [-0.05, 0) is 57.4 Å². The molecule has 2 atom stereocenters. The smallest absolute Gasteiger partial charge is 0.223 e. The fraction of sp³-hybridized carbons (Fsp3) is 0.706. The number of nitrogens with zero attached hydrogens (tertiary/aromatic N) is 2. The first-order valence-corrected chi connectivity index (χ1v) is 8.44. The van der Waals surface area contributed by atoms with E-state index in [9.17, 15) is 9.90 Å². The largest absolute Gasteiger partial charge is 0.393 e. The Morgan fingerprint density at radius 1 is 1.23 bits per heavy atom. The van der Waals surface area contributed by atoms with Crippen LogP contribution < -0.4 is 5.32 Å². The van der Waals surface area contributed by atoms with Gasteiger partial charge in [0.05, 0.1) is 12.6 Å². The van der Waals surface area contributed by atoms with Crippen molar-refractivity contribution >= 4 is 5.91 Å². The molecule has 2 aliphatic carbocycles. The van der Waals surface area contributed by atoms with Gasteiger partial charge in [-0.3, -0.25) is 4.79 Å². The van der Waals surface area contributed by atoms with Gasteiger partial charge in [-0.25, -0.2) is 9.97 Å². The van der Waals surface area contributed by atoms with Gasteiger partial charge in [-0.1, -0.05) is 6.42 Å². The molecule has 0 spiro atoms. The Morgan fingerprint density at radius 2 is 2.05 bits per heavy atom. The van der Waals surface area contributed by atoms with E-state index in [2.05, 4.69) is 15.3 Å². The molecule has 2 aliphatic rings. The Labute approximate surface area is 131 Å². The molecule has 1 aromatic rings.